The number of anilines is 2. The number of nitrogen functional groups attached to an aromatic ring is 1. The number of amides is 1. The van der Waals surface area contributed by atoms with Gasteiger partial charge in [-0.2, -0.15) is 4.39 Å². The van der Waals surface area contributed by atoms with Gasteiger partial charge in [-0.1, -0.05) is 25.1 Å². The van der Waals surface area contributed by atoms with Gasteiger partial charge in [0.2, 0.25) is 5.95 Å². The molecule has 0 aliphatic heterocycles. The Morgan fingerprint density at radius 3 is 2.59 bits per heavy atom. The zero-order valence-electron chi connectivity index (χ0n) is 15.1. The summed E-state index contributed by atoms with van der Waals surface area (Å²) in [5.41, 5.74) is 7.72. The number of aryl methyl sites for hydroxylation is 2. The fourth-order valence-corrected chi connectivity index (χ4v) is 2.61. The maximum absolute atomic E-state index is 13.4. The molecule has 0 aliphatic rings. The summed E-state index contributed by atoms with van der Waals surface area (Å²) in [6.07, 6.45) is 0.872. The van der Waals surface area contributed by atoms with Crippen LogP contribution < -0.4 is 15.8 Å². The zero-order valence-corrected chi connectivity index (χ0v) is 15.1. The van der Waals surface area contributed by atoms with Crippen LogP contribution in [0, 0.1) is 12.9 Å². The number of halogens is 1. The Labute approximate surface area is 157 Å². The number of benzene rings is 2. The van der Waals surface area contributed by atoms with Gasteiger partial charge in [0.1, 0.15) is 17.3 Å². The van der Waals surface area contributed by atoms with Crippen molar-refractivity contribution >= 4 is 17.4 Å². The first kappa shape index (κ1) is 18.4. The van der Waals surface area contributed by atoms with Crippen LogP contribution in [0.25, 0.3) is 0 Å². The molecule has 1 aromatic heterocycles. The van der Waals surface area contributed by atoms with Crippen LogP contribution in [-0.4, -0.2) is 10.9 Å². The van der Waals surface area contributed by atoms with Gasteiger partial charge >= 0.3 is 0 Å². The summed E-state index contributed by atoms with van der Waals surface area (Å²) < 4.78 is 19.3. The van der Waals surface area contributed by atoms with Crippen molar-refractivity contribution in [1.82, 2.24) is 4.98 Å². The Morgan fingerprint density at radius 2 is 1.89 bits per heavy atom. The molecule has 5 nitrogen and oxygen atoms in total. The third kappa shape index (κ3) is 4.23. The summed E-state index contributed by atoms with van der Waals surface area (Å²) in [7, 11) is 0. The Hall–Kier alpha value is -3.41. The molecule has 3 rings (SSSR count). The summed E-state index contributed by atoms with van der Waals surface area (Å²) >= 11 is 0. The van der Waals surface area contributed by atoms with Crippen LogP contribution in [0.2, 0.25) is 0 Å². The maximum atomic E-state index is 13.4. The lowest BCUT2D eigenvalue weighted by Crippen LogP contribution is -2.16. The highest BCUT2D eigenvalue weighted by Crippen LogP contribution is 2.27. The number of carbonyl (C=O) groups is 1. The number of rotatable bonds is 5. The zero-order chi connectivity index (χ0) is 19.4. The van der Waals surface area contributed by atoms with E-state index in [2.05, 4.69) is 17.2 Å². The van der Waals surface area contributed by atoms with Crippen molar-refractivity contribution in [3.63, 3.8) is 0 Å². The van der Waals surface area contributed by atoms with Crippen molar-refractivity contribution in [3.8, 4) is 11.5 Å². The predicted octanol–water partition coefficient (Wildman–Crippen LogP) is 4.72. The van der Waals surface area contributed by atoms with Crippen molar-refractivity contribution < 1.29 is 13.9 Å². The first-order valence-electron chi connectivity index (χ1n) is 8.57. The number of pyridine rings is 1. The van der Waals surface area contributed by atoms with Crippen LogP contribution in [0.3, 0.4) is 0 Å². The van der Waals surface area contributed by atoms with E-state index in [0.717, 1.165) is 17.7 Å². The van der Waals surface area contributed by atoms with Gasteiger partial charge < -0.3 is 15.8 Å². The van der Waals surface area contributed by atoms with E-state index in [-0.39, 0.29) is 16.9 Å². The molecule has 0 fully saturated rings. The van der Waals surface area contributed by atoms with E-state index in [1.807, 2.05) is 24.3 Å². The van der Waals surface area contributed by atoms with Crippen molar-refractivity contribution in [2.75, 3.05) is 11.1 Å². The third-order valence-electron chi connectivity index (χ3n) is 4.12. The van der Waals surface area contributed by atoms with Crippen molar-refractivity contribution in [3.05, 3.63) is 77.2 Å². The fraction of sp³-hybridized carbons (Fsp3) is 0.143. The summed E-state index contributed by atoms with van der Waals surface area (Å²) in [6.45, 7) is 3.59. The van der Waals surface area contributed by atoms with Gasteiger partial charge in [0.05, 0.1) is 5.56 Å². The molecule has 0 spiro atoms. The van der Waals surface area contributed by atoms with Gasteiger partial charge in [-0.05, 0) is 55.3 Å². The fourth-order valence-electron chi connectivity index (χ4n) is 2.61. The Bertz CT molecular complexity index is 972. The molecule has 0 atom stereocenters. The molecular formula is C21H20FN3O2. The lowest BCUT2D eigenvalue weighted by molar-refractivity contribution is 0.102. The molecule has 3 N–H and O–H groups in total. The van der Waals surface area contributed by atoms with Crippen LogP contribution in [0.1, 0.15) is 28.4 Å². The van der Waals surface area contributed by atoms with Crippen LogP contribution in [0.4, 0.5) is 15.9 Å². The standard InChI is InChI=1S/C21H20FN3O2/c1-3-14-6-4-5-7-18(14)27-16-10-8-15(9-11-16)24-21(26)17-12-13(2)19(22)25-20(17)23/h4-12H,3H2,1-2H3,(H2,23,25)(H,24,26). The molecule has 0 bridgehead atoms. The Balaban J connectivity index is 1.72. The normalized spacial score (nSPS) is 10.5. The minimum atomic E-state index is -0.682. The largest absolute Gasteiger partial charge is 0.457 e. The predicted molar refractivity (Wildman–Crippen MR) is 104 cm³/mol. The van der Waals surface area contributed by atoms with Crippen LogP contribution in [0.5, 0.6) is 11.5 Å². The number of carbonyl (C=O) groups excluding carboxylic acids is 1. The monoisotopic (exact) mass is 365 g/mol. The minimum Gasteiger partial charge on any atom is -0.457 e. The van der Waals surface area contributed by atoms with E-state index >= 15 is 0 Å². The highest BCUT2D eigenvalue weighted by atomic mass is 19.1. The third-order valence-corrected chi connectivity index (χ3v) is 4.12. The van der Waals surface area contributed by atoms with Gasteiger partial charge in [0, 0.05) is 11.3 Å². The molecule has 3 aromatic rings. The van der Waals surface area contributed by atoms with Gasteiger partial charge in [-0.15, -0.1) is 0 Å². The quantitative estimate of drug-likeness (QED) is 0.642. The average molecular weight is 365 g/mol. The first-order valence-corrected chi connectivity index (χ1v) is 8.57. The highest BCUT2D eigenvalue weighted by Gasteiger charge is 2.14. The van der Waals surface area contributed by atoms with Crippen molar-refractivity contribution in [2.24, 2.45) is 0 Å². The molecule has 1 heterocycles. The molecule has 6 heteroatoms. The van der Waals surface area contributed by atoms with E-state index in [1.165, 1.54) is 13.0 Å². The Morgan fingerprint density at radius 1 is 1.19 bits per heavy atom. The van der Waals surface area contributed by atoms with Gasteiger partial charge in [0.25, 0.3) is 5.91 Å². The maximum Gasteiger partial charge on any atom is 0.259 e. The molecule has 0 radical (unpaired) electrons. The number of aromatic nitrogens is 1. The summed E-state index contributed by atoms with van der Waals surface area (Å²) in [4.78, 5) is 15.9. The number of para-hydroxylation sites is 1. The molecule has 0 saturated heterocycles. The number of nitrogens with two attached hydrogens (primary N) is 1. The number of ether oxygens (including phenoxy) is 1. The molecule has 27 heavy (non-hydrogen) atoms. The van der Waals surface area contributed by atoms with E-state index in [0.29, 0.717) is 11.4 Å². The van der Waals surface area contributed by atoms with Gasteiger partial charge in [-0.25, -0.2) is 4.98 Å². The SMILES string of the molecule is CCc1ccccc1Oc1ccc(NC(=O)c2cc(C)c(F)nc2N)cc1. The van der Waals surface area contributed by atoms with Gasteiger partial charge in [0.15, 0.2) is 0 Å². The molecule has 138 valence electrons. The summed E-state index contributed by atoms with van der Waals surface area (Å²) in [5.74, 6) is 0.183. The topological polar surface area (TPSA) is 77.2 Å². The number of hydrogen-bond donors (Lipinski definition) is 2. The molecule has 0 aliphatic carbocycles. The second kappa shape index (κ2) is 7.86. The highest BCUT2D eigenvalue weighted by molar-refractivity contribution is 6.07. The van der Waals surface area contributed by atoms with E-state index in [9.17, 15) is 9.18 Å². The second-order valence-electron chi connectivity index (χ2n) is 6.07. The molecule has 1 amide bonds. The summed E-state index contributed by atoms with van der Waals surface area (Å²) in [6, 6.07) is 16.2. The van der Waals surface area contributed by atoms with Crippen LogP contribution in [-0.2, 0) is 6.42 Å². The Kier molecular flexibility index (Phi) is 5.35. The molecule has 0 unspecified atom stereocenters. The molecule has 2 aromatic carbocycles. The first-order chi connectivity index (χ1) is 13.0. The number of nitrogens with one attached hydrogen (secondary N) is 1. The van der Waals surface area contributed by atoms with Crippen molar-refractivity contribution in [2.45, 2.75) is 20.3 Å². The molecule has 0 saturated carbocycles. The van der Waals surface area contributed by atoms with Crippen LogP contribution in [0.15, 0.2) is 54.6 Å². The summed E-state index contributed by atoms with van der Waals surface area (Å²) in [5, 5.41) is 2.72. The average Bonchev–Trinajstić information content (AvgIpc) is 2.66. The van der Waals surface area contributed by atoms with E-state index in [1.54, 1.807) is 24.3 Å². The number of nitrogens with zero attached hydrogens (tertiary/aromatic N) is 1. The second-order valence-corrected chi connectivity index (χ2v) is 6.07. The van der Waals surface area contributed by atoms with Crippen LogP contribution >= 0.6 is 0 Å². The minimum absolute atomic E-state index is 0.131. The van der Waals surface area contributed by atoms with E-state index < -0.39 is 11.9 Å². The smallest absolute Gasteiger partial charge is 0.259 e. The van der Waals surface area contributed by atoms with Gasteiger partial charge in [-0.3, -0.25) is 4.79 Å². The van der Waals surface area contributed by atoms with E-state index in [4.69, 9.17) is 10.5 Å². The lowest BCUT2D eigenvalue weighted by atomic mass is 10.1. The molecular weight excluding hydrogens is 345 g/mol. The lowest BCUT2D eigenvalue weighted by Gasteiger charge is -2.11. The van der Waals surface area contributed by atoms with Crippen molar-refractivity contribution in [1.29, 1.82) is 0 Å². The number of hydrogen-bond acceptors (Lipinski definition) is 4.